The van der Waals surface area contributed by atoms with Crippen molar-refractivity contribution in [2.24, 2.45) is 0 Å². The van der Waals surface area contributed by atoms with Crippen LogP contribution in [0.25, 0.3) is 0 Å². The van der Waals surface area contributed by atoms with Gasteiger partial charge in [-0.15, -0.1) is 0 Å². The van der Waals surface area contributed by atoms with Gasteiger partial charge in [-0.1, -0.05) is 29.8 Å². The first-order valence-corrected chi connectivity index (χ1v) is 9.28. The first-order chi connectivity index (χ1) is 14.4. The molecule has 0 saturated heterocycles. The molecule has 1 heterocycles. The molecule has 0 fully saturated rings. The third-order valence-electron chi connectivity index (χ3n) is 4.60. The number of carbonyl (C=O) groups is 1. The lowest BCUT2D eigenvalue weighted by Crippen LogP contribution is -2.42. The molecule has 8 nitrogen and oxygen atoms in total. The zero-order valence-corrected chi connectivity index (χ0v) is 17.0. The predicted octanol–water partition coefficient (Wildman–Crippen LogP) is 2.02. The first kappa shape index (κ1) is 20.9. The lowest BCUT2D eigenvalue weighted by Gasteiger charge is -2.13. The van der Waals surface area contributed by atoms with Gasteiger partial charge in [-0.05, 0) is 24.6 Å². The number of benzene rings is 2. The van der Waals surface area contributed by atoms with E-state index in [1.165, 1.54) is 31.2 Å². The van der Waals surface area contributed by atoms with Gasteiger partial charge in [0.2, 0.25) is 5.91 Å². The number of carbonyl (C=O) groups excluding carboxylic acids is 1. The van der Waals surface area contributed by atoms with Crippen molar-refractivity contribution in [2.75, 3.05) is 19.5 Å². The summed E-state index contributed by atoms with van der Waals surface area (Å²) < 4.78 is 12.8. The van der Waals surface area contributed by atoms with Crippen molar-refractivity contribution in [3.63, 3.8) is 0 Å². The van der Waals surface area contributed by atoms with Crippen LogP contribution in [-0.4, -0.2) is 29.3 Å². The van der Waals surface area contributed by atoms with E-state index in [-0.39, 0.29) is 13.1 Å². The van der Waals surface area contributed by atoms with Gasteiger partial charge in [0.25, 0.3) is 0 Å². The van der Waals surface area contributed by atoms with Crippen LogP contribution in [0.1, 0.15) is 11.1 Å². The molecular formula is C22H23N3O5. The molecule has 0 unspecified atom stereocenters. The number of nitrogens with one attached hydrogen (secondary N) is 1. The van der Waals surface area contributed by atoms with E-state index in [1.807, 2.05) is 31.2 Å². The van der Waals surface area contributed by atoms with Crippen molar-refractivity contribution in [1.82, 2.24) is 9.13 Å². The van der Waals surface area contributed by atoms with Crippen molar-refractivity contribution >= 4 is 11.6 Å². The van der Waals surface area contributed by atoms with Crippen molar-refractivity contribution < 1.29 is 14.3 Å². The second-order valence-corrected chi connectivity index (χ2v) is 6.76. The second kappa shape index (κ2) is 9.13. The third-order valence-corrected chi connectivity index (χ3v) is 4.60. The van der Waals surface area contributed by atoms with E-state index >= 15 is 0 Å². The summed E-state index contributed by atoms with van der Waals surface area (Å²) in [4.78, 5) is 37.3. The Balaban J connectivity index is 1.75. The van der Waals surface area contributed by atoms with Gasteiger partial charge in [-0.3, -0.25) is 19.0 Å². The maximum atomic E-state index is 12.4. The Bertz CT molecular complexity index is 1160. The summed E-state index contributed by atoms with van der Waals surface area (Å²) >= 11 is 0. The molecule has 0 atom stereocenters. The van der Waals surface area contributed by atoms with Crippen molar-refractivity contribution in [1.29, 1.82) is 0 Å². The highest BCUT2D eigenvalue weighted by Gasteiger charge is 2.12. The normalized spacial score (nSPS) is 10.5. The van der Waals surface area contributed by atoms with E-state index in [2.05, 4.69) is 5.32 Å². The van der Waals surface area contributed by atoms with Crippen LogP contribution in [0.5, 0.6) is 11.5 Å². The molecule has 0 aliphatic carbocycles. The molecule has 8 heteroatoms. The maximum Gasteiger partial charge on any atom is 0.316 e. The monoisotopic (exact) mass is 409 g/mol. The smallest absolute Gasteiger partial charge is 0.316 e. The molecule has 0 bridgehead atoms. The highest BCUT2D eigenvalue weighted by Crippen LogP contribution is 2.28. The van der Waals surface area contributed by atoms with Crippen molar-refractivity contribution in [3.05, 3.63) is 86.7 Å². The average molecular weight is 409 g/mol. The van der Waals surface area contributed by atoms with E-state index < -0.39 is 17.0 Å². The molecule has 0 radical (unpaired) electrons. The lowest BCUT2D eigenvalue weighted by atomic mass is 10.1. The summed E-state index contributed by atoms with van der Waals surface area (Å²) in [6, 6.07) is 12.6. The van der Waals surface area contributed by atoms with Crippen LogP contribution in [-0.2, 0) is 17.9 Å². The fraction of sp³-hybridized carbons (Fsp3) is 0.227. The van der Waals surface area contributed by atoms with Crippen LogP contribution in [0, 0.1) is 6.92 Å². The number of methoxy groups -OCH3 is 2. The molecule has 0 spiro atoms. The zero-order valence-electron chi connectivity index (χ0n) is 17.0. The summed E-state index contributed by atoms with van der Waals surface area (Å²) in [5.41, 5.74) is 1.00. The third kappa shape index (κ3) is 4.78. The Morgan fingerprint density at radius 3 is 2.27 bits per heavy atom. The molecule has 0 aliphatic heterocycles. The van der Waals surface area contributed by atoms with Gasteiger partial charge in [0.05, 0.1) is 26.5 Å². The average Bonchev–Trinajstić information content (AvgIpc) is 2.75. The maximum absolute atomic E-state index is 12.4. The van der Waals surface area contributed by atoms with Gasteiger partial charge in [0, 0.05) is 18.5 Å². The summed E-state index contributed by atoms with van der Waals surface area (Å²) in [7, 11) is 3.00. The van der Waals surface area contributed by atoms with Crippen molar-refractivity contribution in [2.45, 2.75) is 20.0 Å². The van der Waals surface area contributed by atoms with Crippen LogP contribution >= 0.6 is 0 Å². The highest BCUT2D eigenvalue weighted by molar-refractivity contribution is 5.92. The molecule has 1 N–H and O–H groups in total. The Hall–Kier alpha value is -3.81. The minimum atomic E-state index is -0.763. The summed E-state index contributed by atoms with van der Waals surface area (Å²) in [5, 5.41) is 2.68. The van der Waals surface area contributed by atoms with Crippen molar-refractivity contribution in [3.8, 4) is 11.5 Å². The fourth-order valence-electron chi connectivity index (χ4n) is 2.93. The van der Waals surface area contributed by atoms with Crippen LogP contribution in [0.15, 0.2) is 64.4 Å². The van der Waals surface area contributed by atoms with Gasteiger partial charge in [0.15, 0.2) is 0 Å². The van der Waals surface area contributed by atoms with Gasteiger partial charge < -0.3 is 19.4 Å². The number of nitrogens with zero attached hydrogens (tertiary/aromatic N) is 2. The molecule has 1 amide bonds. The Morgan fingerprint density at radius 2 is 1.60 bits per heavy atom. The van der Waals surface area contributed by atoms with Crippen LogP contribution < -0.4 is 25.9 Å². The number of amides is 1. The quantitative estimate of drug-likeness (QED) is 0.603. The van der Waals surface area contributed by atoms with Gasteiger partial charge in [0.1, 0.15) is 18.0 Å². The van der Waals surface area contributed by atoms with E-state index in [1.54, 1.807) is 18.2 Å². The zero-order chi connectivity index (χ0) is 21.7. The minimum absolute atomic E-state index is 0.282. The van der Waals surface area contributed by atoms with Crippen LogP contribution in [0.4, 0.5) is 5.69 Å². The molecule has 3 rings (SSSR count). The SMILES string of the molecule is COc1ccc(NC(=O)Cn2ccn(Cc3ccc(C)cc3)c(=O)c2=O)c(OC)c1. The Labute approximate surface area is 173 Å². The molecule has 2 aromatic carbocycles. The Morgan fingerprint density at radius 1 is 0.933 bits per heavy atom. The molecule has 0 saturated carbocycles. The van der Waals surface area contributed by atoms with E-state index in [0.717, 1.165) is 15.7 Å². The number of hydrogen-bond donors (Lipinski definition) is 1. The largest absolute Gasteiger partial charge is 0.497 e. The summed E-state index contributed by atoms with van der Waals surface area (Å²) in [6.07, 6.45) is 2.94. The lowest BCUT2D eigenvalue weighted by molar-refractivity contribution is -0.116. The highest BCUT2D eigenvalue weighted by atomic mass is 16.5. The predicted molar refractivity (Wildman–Crippen MR) is 113 cm³/mol. The summed E-state index contributed by atoms with van der Waals surface area (Å²) in [6.45, 7) is 1.96. The fourth-order valence-corrected chi connectivity index (χ4v) is 2.93. The standard InChI is InChI=1S/C22H23N3O5/c1-15-4-6-16(7-5-15)13-24-10-11-25(22(28)21(24)27)14-20(26)23-18-9-8-17(29-2)12-19(18)30-3/h4-12H,13-14H2,1-3H3,(H,23,26). The second-order valence-electron chi connectivity index (χ2n) is 6.76. The molecule has 0 aliphatic rings. The van der Waals surface area contributed by atoms with E-state index in [9.17, 15) is 14.4 Å². The molecule has 3 aromatic rings. The topological polar surface area (TPSA) is 91.6 Å². The number of aromatic nitrogens is 2. The van der Waals surface area contributed by atoms with Crippen LogP contribution in [0.2, 0.25) is 0 Å². The number of rotatable bonds is 7. The molecule has 1 aromatic heterocycles. The first-order valence-electron chi connectivity index (χ1n) is 9.28. The van der Waals surface area contributed by atoms with E-state index in [0.29, 0.717) is 17.2 Å². The molecule has 30 heavy (non-hydrogen) atoms. The summed E-state index contributed by atoms with van der Waals surface area (Å²) in [5.74, 6) is 0.540. The van der Waals surface area contributed by atoms with Gasteiger partial charge >= 0.3 is 11.1 Å². The molecule has 156 valence electrons. The van der Waals surface area contributed by atoms with Gasteiger partial charge in [-0.2, -0.15) is 0 Å². The number of hydrogen-bond acceptors (Lipinski definition) is 5. The number of aryl methyl sites for hydroxylation is 1. The Kier molecular flexibility index (Phi) is 6.36. The van der Waals surface area contributed by atoms with Crippen LogP contribution in [0.3, 0.4) is 0 Å². The van der Waals surface area contributed by atoms with E-state index in [4.69, 9.17) is 9.47 Å². The number of ether oxygens (including phenoxy) is 2. The van der Waals surface area contributed by atoms with Gasteiger partial charge in [-0.25, -0.2) is 0 Å². The number of anilines is 1. The minimum Gasteiger partial charge on any atom is -0.497 e. The molecular weight excluding hydrogens is 386 g/mol.